The van der Waals surface area contributed by atoms with Crippen LogP contribution in [0.5, 0.6) is 0 Å². The van der Waals surface area contributed by atoms with Crippen LogP contribution in [0.4, 0.5) is 0 Å². The van der Waals surface area contributed by atoms with E-state index in [1.807, 2.05) is 24.4 Å². The summed E-state index contributed by atoms with van der Waals surface area (Å²) < 4.78 is 0. The molecule has 0 aliphatic rings. The molecule has 122 valence electrons. The smallest absolute Gasteiger partial charge is 0.191 e. The van der Waals surface area contributed by atoms with E-state index in [1.54, 1.807) is 0 Å². The van der Waals surface area contributed by atoms with E-state index in [0.717, 1.165) is 23.8 Å². The molecule has 0 aliphatic heterocycles. The van der Waals surface area contributed by atoms with Gasteiger partial charge >= 0.3 is 0 Å². The van der Waals surface area contributed by atoms with E-state index < -0.39 is 0 Å². The van der Waals surface area contributed by atoms with E-state index in [4.69, 9.17) is 0 Å². The summed E-state index contributed by atoms with van der Waals surface area (Å²) in [5, 5.41) is 6.68. The lowest BCUT2D eigenvalue weighted by atomic mass is 10.1. The van der Waals surface area contributed by atoms with Gasteiger partial charge in [0.25, 0.3) is 0 Å². The van der Waals surface area contributed by atoms with Crippen LogP contribution in [-0.4, -0.2) is 23.0 Å². The van der Waals surface area contributed by atoms with Crippen LogP contribution in [0.25, 0.3) is 11.3 Å². The summed E-state index contributed by atoms with van der Waals surface area (Å²) in [7, 11) is 0. The Hall–Kier alpha value is -2.36. The largest absolute Gasteiger partial charge is 0.357 e. The van der Waals surface area contributed by atoms with Gasteiger partial charge < -0.3 is 10.6 Å². The molecular formula is C19H26N4. The number of guanidine groups is 1. The van der Waals surface area contributed by atoms with Crippen molar-refractivity contribution in [1.82, 2.24) is 15.6 Å². The Kier molecular flexibility index (Phi) is 5.74. The molecule has 4 nitrogen and oxygen atoms in total. The first-order valence-electron chi connectivity index (χ1n) is 8.05. The second kappa shape index (κ2) is 7.77. The number of hydrogen-bond acceptors (Lipinski definition) is 2. The van der Waals surface area contributed by atoms with Crippen LogP contribution >= 0.6 is 0 Å². The minimum absolute atomic E-state index is 0.0171. The second-order valence-corrected chi connectivity index (χ2v) is 6.49. The first-order chi connectivity index (χ1) is 11.0. The van der Waals surface area contributed by atoms with Gasteiger partial charge in [0.2, 0.25) is 0 Å². The van der Waals surface area contributed by atoms with Gasteiger partial charge in [-0.2, -0.15) is 0 Å². The molecule has 2 aromatic rings. The summed E-state index contributed by atoms with van der Waals surface area (Å²) in [6.07, 6.45) is 1.82. The molecule has 0 aliphatic carbocycles. The fourth-order valence-corrected chi connectivity index (χ4v) is 2.20. The summed E-state index contributed by atoms with van der Waals surface area (Å²) in [4.78, 5) is 9.08. The van der Waals surface area contributed by atoms with Crippen molar-refractivity contribution >= 4 is 5.96 Å². The summed E-state index contributed by atoms with van der Waals surface area (Å²) in [5.74, 6) is 0.836. The van der Waals surface area contributed by atoms with Crippen LogP contribution in [0.3, 0.4) is 0 Å². The van der Waals surface area contributed by atoms with Crippen LogP contribution in [0.2, 0.25) is 0 Å². The van der Waals surface area contributed by atoms with Crippen molar-refractivity contribution in [1.29, 1.82) is 0 Å². The molecule has 23 heavy (non-hydrogen) atoms. The number of nitrogens with zero attached hydrogens (tertiary/aromatic N) is 2. The molecule has 0 radical (unpaired) electrons. The maximum Gasteiger partial charge on any atom is 0.191 e. The van der Waals surface area contributed by atoms with Crippen LogP contribution in [0.1, 0.15) is 33.3 Å². The first kappa shape index (κ1) is 17.0. The van der Waals surface area contributed by atoms with E-state index in [0.29, 0.717) is 6.54 Å². The van der Waals surface area contributed by atoms with Crippen molar-refractivity contribution < 1.29 is 0 Å². The van der Waals surface area contributed by atoms with E-state index in [1.165, 1.54) is 5.56 Å². The zero-order valence-corrected chi connectivity index (χ0v) is 14.4. The van der Waals surface area contributed by atoms with Gasteiger partial charge in [-0.05, 0) is 51.5 Å². The number of rotatable bonds is 4. The third kappa shape index (κ3) is 5.74. The van der Waals surface area contributed by atoms with E-state index in [9.17, 15) is 0 Å². The third-order valence-corrected chi connectivity index (χ3v) is 3.15. The van der Waals surface area contributed by atoms with Crippen LogP contribution in [0, 0.1) is 0 Å². The monoisotopic (exact) mass is 310 g/mol. The number of benzene rings is 1. The Balaban J connectivity index is 2.14. The molecule has 4 heteroatoms. The average Bonchev–Trinajstić information content (AvgIpc) is 2.53. The molecular weight excluding hydrogens is 284 g/mol. The van der Waals surface area contributed by atoms with Gasteiger partial charge in [-0.25, -0.2) is 4.99 Å². The van der Waals surface area contributed by atoms with Gasteiger partial charge in [-0.15, -0.1) is 0 Å². The molecule has 0 spiro atoms. The van der Waals surface area contributed by atoms with E-state index in [-0.39, 0.29) is 5.54 Å². The summed E-state index contributed by atoms with van der Waals surface area (Å²) in [6, 6.07) is 14.3. The fraction of sp³-hybridized carbons (Fsp3) is 0.368. The molecule has 1 heterocycles. The summed E-state index contributed by atoms with van der Waals surface area (Å²) in [5.41, 5.74) is 3.25. The molecule has 0 amide bonds. The molecule has 1 aromatic carbocycles. The second-order valence-electron chi connectivity index (χ2n) is 6.49. The zero-order chi connectivity index (χ0) is 16.7. The number of aliphatic imine (C=N–C) groups is 1. The highest BCUT2D eigenvalue weighted by Gasteiger charge is 2.11. The van der Waals surface area contributed by atoms with Gasteiger partial charge in [-0.1, -0.05) is 24.3 Å². The van der Waals surface area contributed by atoms with Gasteiger partial charge in [0.05, 0.1) is 12.2 Å². The molecule has 2 rings (SSSR count). The summed E-state index contributed by atoms with van der Waals surface area (Å²) in [6.45, 7) is 9.92. The Labute approximate surface area is 139 Å². The normalized spacial score (nSPS) is 12.1. The van der Waals surface area contributed by atoms with Crippen molar-refractivity contribution in [3.05, 3.63) is 54.2 Å². The quantitative estimate of drug-likeness (QED) is 0.670. The minimum atomic E-state index is -0.0171. The minimum Gasteiger partial charge on any atom is -0.357 e. The molecule has 0 bridgehead atoms. The highest BCUT2D eigenvalue weighted by atomic mass is 15.2. The molecule has 0 fully saturated rings. The third-order valence-electron chi connectivity index (χ3n) is 3.15. The van der Waals surface area contributed by atoms with E-state index >= 15 is 0 Å². The maximum absolute atomic E-state index is 4.68. The Morgan fingerprint density at radius 1 is 1.13 bits per heavy atom. The zero-order valence-electron chi connectivity index (χ0n) is 14.4. The molecule has 0 unspecified atom stereocenters. The van der Waals surface area contributed by atoms with Crippen molar-refractivity contribution in [2.75, 3.05) is 6.54 Å². The standard InChI is InChI=1S/C19H26N4/c1-5-20-18(23-19(2,3)4)22-14-15-9-8-10-16(13-15)17-11-6-7-12-21-17/h6-13H,5,14H2,1-4H3,(H2,20,22,23). The number of nitrogens with one attached hydrogen (secondary N) is 2. The Morgan fingerprint density at radius 3 is 2.61 bits per heavy atom. The maximum atomic E-state index is 4.68. The lowest BCUT2D eigenvalue weighted by Gasteiger charge is -2.23. The predicted molar refractivity (Wildman–Crippen MR) is 97.4 cm³/mol. The predicted octanol–water partition coefficient (Wildman–Crippen LogP) is 3.60. The van der Waals surface area contributed by atoms with Crippen molar-refractivity contribution in [2.45, 2.75) is 39.8 Å². The van der Waals surface area contributed by atoms with Crippen molar-refractivity contribution in [3.8, 4) is 11.3 Å². The Morgan fingerprint density at radius 2 is 1.96 bits per heavy atom. The first-order valence-corrected chi connectivity index (χ1v) is 8.05. The van der Waals surface area contributed by atoms with Gasteiger partial charge in [-0.3, -0.25) is 4.98 Å². The van der Waals surface area contributed by atoms with Crippen molar-refractivity contribution in [3.63, 3.8) is 0 Å². The van der Waals surface area contributed by atoms with E-state index in [2.05, 4.69) is 72.6 Å². The number of aromatic nitrogens is 1. The van der Waals surface area contributed by atoms with Crippen LogP contribution in [-0.2, 0) is 6.54 Å². The average molecular weight is 310 g/mol. The summed E-state index contributed by atoms with van der Waals surface area (Å²) >= 11 is 0. The number of hydrogen-bond donors (Lipinski definition) is 2. The molecule has 1 aromatic heterocycles. The molecule has 0 saturated heterocycles. The lowest BCUT2D eigenvalue weighted by molar-refractivity contribution is 0.501. The van der Waals surface area contributed by atoms with Crippen LogP contribution in [0.15, 0.2) is 53.7 Å². The Bertz CT molecular complexity index is 642. The highest BCUT2D eigenvalue weighted by molar-refractivity contribution is 5.80. The SMILES string of the molecule is CCNC(=NCc1cccc(-c2ccccn2)c1)NC(C)(C)C. The molecule has 2 N–H and O–H groups in total. The van der Waals surface area contributed by atoms with Gasteiger partial charge in [0.1, 0.15) is 0 Å². The molecule has 0 atom stereocenters. The molecule has 0 saturated carbocycles. The van der Waals surface area contributed by atoms with Crippen molar-refractivity contribution in [2.24, 2.45) is 4.99 Å². The van der Waals surface area contributed by atoms with Gasteiger partial charge in [0.15, 0.2) is 5.96 Å². The fourth-order valence-electron chi connectivity index (χ4n) is 2.20. The topological polar surface area (TPSA) is 49.3 Å². The lowest BCUT2D eigenvalue weighted by Crippen LogP contribution is -2.47. The highest BCUT2D eigenvalue weighted by Crippen LogP contribution is 2.18. The van der Waals surface area contributed by atoms with Crippen LogP contribution < -0.4 is 10.6 Å². The van der Waals surface area contributed by atoms with Gasteiger partial charge in [0, 0.05) is 23.8 Å². The number of pyridine rings is 1.